The quantitative estimate of drug-likeness (QED) is 0.212. The molecule has 3 fully saturated rings. The number of nitrogens with one attached hydrogen (secondary N) is 3. The first kappa shape index (κ1) is 40.5. The molecule has 300 valence electrons. The van der Waals surface area contributed by atoms with Crippen LogP contribution in [0, 0.1) is 23.6 Å². The molecule has 14 heteroatoms. The van der Waals surface area contributed by atoms with E-state index in [9.17, 15) is 23.6 Å². The second-order valence-corrected chi connectivity index (χ2v) is 18.5. The minimum absolute atomic E-state index is 0.0155. The Morgan fingerprint density at radius 1 is 1.16 bits per heavy atom. The van der Waals surface area contributed by atoms with Gasteiger partial charge in [0.1, 0.15) is 40.9 Å². The fourth-order valence-corrected chi connectivity index (χ4v) is 9.61. The van der Waals surface area contributed by atoms with Gasteiger partial charge in [-0.05, 0) is 102 Å². The zero-order valence-corrected chi connectivity index (χ0v) is 33.8. The maximum absolute atomic E-state index is 14.9. The van der Waals surface area contributed by atoms with Gasteiger partial charge >= 0.3 is 6.09 Å². The lowest BCUT2D eigenvalue weighted by molar-refractivity contribution is -0.142. The first-order valence-electron chi connectivity index (χ1n) is 19.6. The van der Waals surface area contributed by atoms with E-state index in [4.69, 9.17) is 14.2 Å². The van der Waals surface area contributed by atoms with Gasteiger partial charge in [0.05, 0.1) is 25.2 Å². The highest BCUT2D eigenvalue weighted by molar-refractivity contribution is 8.14. The predicted octanol–water partition coefficient (Wildman–Crippen LogP) is 6.19. The smallest absolute Gasteiger partial charge is 0.408 e. The summed E-state index contributed by atoms with van der Waals surface area (Å²) in [4.78, 5) is 62.9. The van der Waals surface area contributed by atoms with Gasteiger partial charge in [-0.25, -0.2) is 14.2 Å². The SMILES string of the molecule is C/C=S(/NC(=O)[C@@]12C[C@H]1/C=C\CC[C@@H](C)C[C@@H](CC)[C@H](NC(=O)OC(C)(C)C)C(=O)N1C[C@H](Oc3ncc(OC)c4ccc(F)cc34)C[C@H]1C(=O)N2)C1CC1. The van der Waals surface area contributed by atoms with Gasteiger partial charge in [-0.1, -0.05) is 43.1 Å². The third-order valence-electron chi connectivity index (χ3n) is 11.1. The maximum atomic E-state index is 14.9. The number of halogens is 1. The Morgan fingerprint density at radius 3 is 2.60 bits per heavy atom. The van der Waals surface area contributed by atoms with E-state index in [-0.39, 0.29) is 42.5 Å². The van der Waals surface area contributed by atoms with Crippen molar-refractivity contribution in [2.24, 2.45) is 17.8 Å². The van der Waals surface area contributed by atoms with Crippen LogP contribution in [0.4, 0.5) is 9.18 Å². The molecular weight excluding hydrogens is 726 g/mol. The Hall–Kier alpha value is -4.20. The van der Waals surface area contributed by atoms with Crippen molar-refractivity contribution >= 4 is 50.6 Å². The first-order chi connectivity index (χ1) is 26.2. The van der Waals surface area contributed by atoms with E-state index in [0.717, 1.165) is 25.7 Å². The molecule has 1 aromatic carbocycles. The number of carbonyl (C=O) groups excluding carboxylic acids is 4. The molecule has 0 spiro atoms. The molecule has 2 aliphatic carbocycles. The van der Waals surface area contributed by atoms with E-state index >= 15 is 0 Å². The molecule has 2 saturated carbocycles. The summed E-state index contributed by atoms with van der Waals surface area (Å²) >= 11 is 0. The maximum Gasteiger partial charge on any atom is 0.408 e. The average Bonchev–Trinajstić information content (AvgIpc) is 4.06. The van der Waals surface area contributed by atoms with Crippen molar-refractivity contribution in [3.05, 3.63) is 42.4 Å². The molecule has 3 heterocycles. The molecule has 2 aliphatic heterocycles. The fraction of sp³-hybridized carbons (Fsp3) is 0.610. The van der Waals surface area contributed by atoms with E-state index in [1.165, 1.54) is 30.3 Å². The molecule has 4 aliphatic rings. The van der Waals surface area contributed by atoms with Crippen molar-refractivity contribution in [1.82, 2.24) is 25.2 Å². The number of hydrogen-bond acceptors (Lipinski definition) is 8. The lowest BCUT2D eigenvalue weighted by Crippen LogP contribution is -2.59. The lowest BCUT2D eigenvalue weighted by Gasteiger charge is -2.34. The second kappa shape index (κ2) is 16.5. The number of benzene rings is 1. The number of methoxy groups -OCH3 is 1. The van der Waals surface area contributed by atoms with Gasteiger partial charge in [0.25, 0.3) is 5.91 Å². The number of pyridine rings is 1. The van der Waals surface area contributed by atoms with Crippen LogP contribution < -0.4 is 24.8 Å². The number of allylic oxidation sites excluding steroid dienone is 1. The standard InChI is InChI=1S/C41H56FN5O7S/c1-8-25-18-24(3)12-10-11-13-26-21-41(26,38(50)46-55(9-2)29-15-16-29)45-35(48)32-20-28(23-47(32)37(49)34(25)44-39(51)54-40(4,5)6)53-36-31-19-27(42)14-17-30(31)33(52-7)22-43-36/h9,11,13-14,17,19,22,24-26,28-29,32,34H,8,10,12,15-16,18,20-21,23H2,1-7H3,(H,44,51)(H,45,48)(H,46,50)/b13-11-/t24-,25-,26-,28-,32+,34+,41-,55?/m1/s1. The molecule has 1 saturated heterocycles. The van der Waals surface area contributed by atoms with Crippen LogP contribution >= 0.6 is 10.7 Å². The summed E-state index contributed by atoms with van der Waals surface area (Å²) in [6.07, 6.45) is 9.66. The molecule has 2 aromatic rings. The highest BCUT2D eigenvalue weighted by Crippen LogP contribution is 2.47. The van der Waals surface area contributed by atoms with E-state index in [2.05, 4.69) is 33.3 Å². The number of aromatic nitrogens is 1. The largest absolute Gasteiger partial charge is 0.494 e. The van der Waals surface area contributed by atoms with Gasteiger partial charge in [0.2, 0.25) is 17.7 Å². The molecule has 12 nitrogen and oxygen atoms in total. The van der Waals surface area contributed by atoms with Crippen molar-refractivity contribution < 1.29 is 37.8 Å². The van der Waals surface area contributed by atoms with Crippen LogP contribution in [0.5, 0.6) is 11.6 Å². The molecule has 55 heavy (non-hydrogen) atoms. The van der Waals surface area contributed by atoms with E-state index in [1.807, 2.05) is 25.3 Å². The molecule has 4 amide bonds. The monoisotopic (exact) mass is 781 g/mol. The van der Waals surface area contributed by atoms with Crippen LogP contribution in [0.1, 0.15) is 92.9 Å². The third kappa shape index (κ3) is 9.27. The highest BCUT2D eigenvalue weighted by atomic mass is 32.2. The number of alkyl carbamates (subject to hydrolysis) is 1. The van der Waals surface area contributed by atoms with Crippen molar-refractivity contribution in [2.75, 3.05) is 13.7 Å². The molecule has 1 aromatic heterocycles. The number of nitrogens with zero attached hydrogens (tertiary/aromatic N) is 2. The first-order valence-corrected chi connectivity index (χ1v) is 20.9. The van der Waals surface area contributed by atoms with Crippen LogP contribution in [0.2, 0.25) is 0 Å². The summed E-state index contributed by atoms with van der Waals surface area (Å²) in [5, 5.41) is 9.42. The molecule has 0 bridgehead atoms. The topological polar surface area (TPSA) is 148 Å². The normalized spacial score (nSPS) is 29.9. The molecule has 8 atom stereocenters. The van der Waals surface area contributed by atoms with Crippen LogP contribution in [-0.4, -0.2) is 87.3 Å². The Morgan fingerprint density at radius 2 is 1.93 bits per heavy atom. The molecule has 3 N–H and O–H groups in total. The van der Waals surface area contributed by atoms with Crippen LogP contribution in [-0.2, 0) is 19.1 Å². The predicted molar refractivity (Wildman–Crippen MR) is 211 cm³/mol. The summed E-state index contributed by atoms with van der Waals surface area (Å²) < 4.78 is 35.3. The van der Waals surface area contributed by atoms with Gasteiger partial charge in [-0.3, -0.25) is 14.4 Å². The average molecular weight is 782 g/mol. The van der Waals surface area contributed by atoms with Gasteiger partial charge in [0.15, 0.2) is 0 Å². The van der Waals surface area contributed by atoms with Crippen molar-refractivity contribution in [3.8, 4) is 11.6 Å². The lowest BCUT2D eigenvalue weighted by atomic mass is 9.85. The number of fused-ring (bicyclic) bond motifs is 3. The number of hydrogen-bond donors (Lipinski definition) is 3. The zero-order valence-electron chi connectivity index (χ0n) is 33.0. The van der Waals surface area contributed by atoms with Crippen molar-refractivity contribution in [3.63, 3.8) is 0 Å². The summed E-state index contributed by atoms with van der Waals surface area (Å²) in [5.74, 6) is -1.32. The summed E-state index contributed by atoms with van der Waals surface area (Å²) in [7, 11) is 1.09. The van der Waals surface area contributed by atoms with Crippen LogP contribution in [0.15, 0.2) is 36.5 Å². The Labute approximate surface area is 325 Å². The molecular formula is C41H56FN5O7S. The summed E-state index contributed by atoms with van der Waals surface area (Å²) in [5.41, 5.74) is -1.97. The number of amides is 4. The Kier molecular flexibility index (Phi) is 12.1. The number of rotatable bonds is 8. The third-order valence-corrected chi connectivity index (χ3v) is 13.2. The van der Waals surface area contributed by atoms with Gasteiger partial charge in [0, 0.05) is 23.0 Å². The van der Waals surface area contributed by atoms with Crippen LogP contribution in [0.25, 0.3) is 10.8 Å². The van der Waals surface area contributed by atoms with Crippen molar-refractivity contribution in [1.29, 1.82) is 0 Å². The highest BCUT2D eigenvalue weighted by Gasteiger charge is 2.61. The second-order valence-electron chi connectivity index (χ2n) is 16.5. The minimum atomic E-state index is -1.17. The van der Waals surface area contributed by atoms with Gasteiger partial charge < -0.3 is 34.5 Å². The van der Waals surface area contributed by atoms with Crippen LogP contribution in [0.3, 0.4) is 0 Å². The molecule has 0 radical (unpaired) electrons. The Bertz CT molecular complexity index is 1860. The summed E-state index contributed by atoms with van der Waals surface area (Å²) in [6, 6.07) is 2.17. The van der Waals surface area contributed by atoms with Gasteiger partial charge in [-0.15, -0.1) is 0 Å². The van der Waals surface area contributed by atoms with Gasteiger partial charge in [-0.2, -0.15) is 0 Å². The fourth-order valence-electron chi connectivity index (χ4n) is 7.90. The molecule has 1 unspecified atom stereocenters. The zero-order chi connectivity index (χ0) is 39.7. The number of ether oxygens (including phenoxy) is 3. The minimum Gasteiger partial charge on any atom is -0.494 e. The van der Waals surface area contributed by atoms with E-state index in [0.29, 0.717) is 41.0 Å². The molecule has 6 rings (SSSR count). The van der Waals surface area contributed by atoms with Crippen molar-refractivity contribution in [2.45, 2.75) is 127 Å². The van der Waals surface area contributed by atoms with E-state index in [1.54, 1.807) is 26.8 Å². The Balaban J connectivity index is 1.37. The summed E-state index contributed by atoms with van der Waals surface area (Å²) in [6.45, 7) is 11.3. The number of carbonyl (C=O) groups is 4. The van der Waals surface area contributed by atoms with E-state index < -0.39 is 63.7 Å².